The first-order valence-corrected chi connectivity index (χ1v) is 8.34. The van der Waals surface area contributed by atoms with Crippen LogP contribution in [0.5, 0.6) is 0 Å². The molecule has 1 aromatic carbocycles. The van der Waals surface area contributed by atoms with Crippen LogP contribution < -0.4 is 10.5 Å². The molecule has 1 fully saturated rings. The van der Waals surface area contributed by atoms with Crippen LogP contribution in [-0.2, 0) is 14.8 Å². The lowest BCUT2D eigenvalue weighted by Gasteiger charge is -2.29. The Morgan fingerprint density at radius 2 is 2.05 bits per heavy atom. The topological polar surface area (TPSA) is 81.4 Å². The van der Waals surface area contributed by atoms with Crippen LogP contribution in [0, 0.1) is 13.8 Å². The van der Waals surface area contributed by atoms with Gasteiger partial charge in [0.25, 0.3) is 0 Å². The maximum absolute atomic E-state index is 11.5. The fourth-order valence-corrected chi connectivity index (χ4v) is 3.11. The molecular weight excluding hydrogens is 276 g/mol. The number of primary sulfonamides is 1. The molecule has 0 saturated carbocycles. The van der Waals surface area contributed by atoms with Crippen LogP contribution in [0.1, 0.15) is 30.9 Å². The molecular formula is C14H22N2O3S. The minimum absolute atomic E-state index is 0.156. The molecule has 112 valence electrons. The first-order chi connectivity index (χ1) is 9.27. The summed E-state index contributed by atoms with van der Waals surface area (Å²) in [5, 5.41) is 8.66. The highest BCUT2D eigenvalue weighted by Crippen LogP contribution is 2.26. The van der Waals surface area contributed by atoms with Crippen LogP contribution in [0.15, 0.2) is 17.0 Å². The number of nitrogens with two attached hydrogens (primary N) is 1. The Morgan fingerprint density at radius 1 is 1.35 bits per heavy atom. The van der Waals surface area contributed by atoms with Crippen molar-refractivity contribution < 1.29 is 13.2 Å². The van der Waals surface area contributed by atoms with Crippen molar-refractivity contribution in [3.05, 3.63) is 23.3 Å². The third-order valence-electron chi connectivity index (χ3n) is 3.81. The zero-order valence-electron chi connectivity index (χ0n) is 12.1. The molecule has 1 heterocycles. The van der Waals surface area contributed by atoms with Crippen LogP contribution in [-0.4, -0.2) is 27.2 Å². The number of ether oxygens (including phenoxy) is 1. The molecule has 1 aliphatic rings. The van der Waals surface area contributed by atoms with Crippen molar-refractivity contribution in [2.75, 3.05) is 11.9 Å². The molecule has 1 aromatic rings. The highest BCUT2D eigenvalue weighted by atomic mass is 32.2. The predicted octanol–water partition coefficient (Wildman–Crippen LogP) is 1.93. The summed E-state index contributed by atoms with van der Waals surface area (Å²) in [5.74, 6) is 0. The molecule has 0 amide bonds. The van der Waals surface area contributed by atoms with Crippen LogP contribution in [0.25, 0.3) is 0 Å². The van der Waals surface area contributed by atoms with E-state index in [4.69, 9.17) is 9.88 Å². The van der Waals surface area contributed by atoms with E-state index in [1.807, 2.05) is 20.8 Å². The summed E-state index contributed by atoms with van der Waals surface area (Å²) in [6.45, 7) is 6.65. The Hall–Kier alpha value is -1.11. The van der Waals surface area contributed by atoms with Crippen LogP contribution in [0.4, 0.5) is 5.69 Å². The molecule has 1 saturated heterocycles. The lowest BCUT2D eigenvalue weighted by atomic mass is 10.0. The highest BCUT2D eigenvalue weighted by Gasteiger charge is 2.21. The first kappa shape index (κ1) is 15.3. The van der Waals surface area contributed by atoms with Gasteiger partial charge in [-0.2, -0.15) is 0 Å². The molecule has 20 heavy (non-hydrogen) atoms. The molecule has 2 rings (SSSR count). The third-order valence-corrected chi connectivity index (χ3v) is 4.71. The fourth-order valence-electron chi connectivity index (χ4n) is 2.49. The summed E-state index contributed by atoms with van der Waals surface area (Å²) >= 11 is 0. The van der Waals surface area contributed by atoms with E-state index in [9.17, 15) is 8.42 Å². The molecule has 0 spiro atoms. The van der Waals surface area contributed by atoms with E-state index in [1.54, 1.807) is 12.1 Å². The van der Waals surface area contributed by atoms with Crippen molar-refractivity contribution in [1.82, 2.24) is 0 Å². The number of anilines is 1. The second-order valence-corrected chi connectivity index (χ2v) is 7.07. The molecule has 2 unspecified atom stereocenters. The van der Waals surface area contributed by atoms with E-state index < -0.39 is 10.0 Å². The maximum Gasteiger partial charge on any atom is 0.238 e. The molecule has 5 nitrogen and oxygen atoms in total. The van der Waals surface area contributed by atoms with E-state index >= 15 is 0 Å². The first-order valence-electron chi connectivity index (χ1n) is 6.79. The Kier molecular flexibility index (Phi) is 4.36. The van der Waals surface area contributed by atoms with Gasteiger partial charge in [-0.1, -0.05) is 0 Å². The summed E-state index contributed by atoms with van der Waals surface area (Å²) in [4.78, 5) is 0.156. The molecule has 1 aliphatic heterocycles. The van der Waals surface area contributed by atoms with E-state index in [0.29, 0.717) is 6.04 Å². The lowest BCUT2D eigenvalue weighted by molar-refractivity contribution is 0.0232. The summed E-state index contributed by atoms with van der Waals surface area (Å²) in [6.07, 6.45) is 2.06. The molecule has 6 heteroatoms. The molecule has 2 atom stereocenters. The van der Waals surface area contributed by atoms with Gasteiger partial charge in [0.2, 0.25) is 10.0 Å². The zero-order chi connectivity index (χ0) is 14.9. The van der Waals surface area contributed by atoms with Gasteiger partial charge in [-0.3, -0.25) is 0 Å². The SMILES string of the molecule is Cc1cc(S(N)(=O)=O)cc(NC2CCOC(C)C2)c1C. The molecule has 0 bridgehead atoms. The minimum Gasteiger partial charge on any atom is -0.382 e. The van der Waals surface area contributed by atoms with Crippen LogP contribution in [0.3, 0.4) is 0 Å². The monoisotopic (exact) mass is 298 g/mol. The van der Waals surface area contributed by atoms with Gasteiger partial charge in [-0.05, 0) is 56.9 Å². The predicted molar refractivity (Wildman–Crippen MR) is 79.3 cm³/mol. The van der Waals surface area contributed by atoms with Gasteiger partial charge in [0.05, 0.1) is 11.0 Å². The Morgan fingerprint density at radius 3 is 2.65 bits per heavy atom. The largest absolute Gasteiger partial charge is 0.382 e. The number of rotatable bonds is 3. The smallest absolute Gasteiger partial charge is 0.238 e. The van der Waals surface area contributed by atoms with Crippen molar-refractivity contribution in [1.29, 1.82) is 0 Å². The third kappa shape index (κ3) is 3.50. The minimum atomic E-state index is -3.68. The van der Waals surface area contributed by atoms with Gasteiger partial charge in [0, 0.05) is 18.3 Å². The van der Waals surface area contributed by atoms with E-state index in [-0.39, 0.29) is 11.0 Å². The molecule has 3 N–H and O–H groups in total. The number of sulfonamides is 1. The lowest BCUT2D eigenvalue weighted by Crippen LogP contribution is -2.32. The van der Waals surface area contributed by atoms with Crippen LogP contribution >= 0.6 is 0 Å². The summed E-state index contributed by atoms with van der Waals surface area (Å²) in [5.41, 5.74) is 2.81. The van der Waals surface area contributed by atoms with Crippen molar-refractivity contribution in [3.8, 4) is 0 Å². The number of hydrogen-bond donors (Lipinski definition) is 2. The molecule has 0 radical (unpaired) electrons. The quantitative estimate of drug-likeness (QED) is 0.893. The van der Waals surface area contributed by atoms with Gasteiger partial charge < -0.3 is 10.1 Å². The number of aryl methyl sites for hydroxylation is 1. The van der Waals surface area contributed by atoms with E-state index in [0.717, 1.165) is 36.3 Å². The van der Waals surface area contributed by atoms with Gasteiger partial charge in [0.1, 0.15) is 0 Å². The summed E-state index contributed by atoms with van der Waals surface area (Å²) in [6, 6.07) is 3.54. The summed E-state index contributed by atoms with van der Waals surface area (Å²) < 4.78 is 28.6. The Bertz CT molecular complexity index is 599. The maximum atomic E-state index is 11.5. The van der Waals surface area contributed by atoms with Gasteiger partial charge in [-0.25, -0.2) is 13.6 Å². The number of nitrogens with one attached hydrogen (secondary N) is 1. The molecule has 0 aliphatic carbocycles. The second kappa shape index (κ2) is 5.71. The van der Waals surface area contributed by atoms with Gasteiger partial charge in [0.15, 0.2) is 0 Å². The van der Waals surface area contributed by atoms with Crippen molar-refractivity contribution >= 4 is 15.7 Å². The van der Waals surface area contributed by atoms with Gasteiger partial charge >= 0.3 is 0 Å². The Labute approximate surface area is 120 Å². The van der Waals surface area contributed by atoms with Gasteiger partial charge in [-0.15, -0.1) is 0 Å². The molecule has 0 aromatic heterocycles. The zero-order valence-corrected chi connectivity index (χ0v) is 13.0. The van der Waals surface area contributed by atoms with E-state index in [2.05, 4.69) is 5.32 Å². The average molecular weight is 298 g/mol. The van der Waals surface area contributed by atoms with E-state index in [1.165, 1.54) is 0 Å². The van der Waals surface area contributed by atoms with Crippen molar-refractivity contribution in [3.63, 3.8) is 0 Å². The average Bonchev–Trinajstić information content (AvgIpc) is 2.33. The highest BCUT2D eigenvalue weighted by molar-refractivity contribution is 7.89. The fraction of sp³-hybridized carbons (Fsp3) is 0.571. The summed E-state index contributed by atoms with van der Waals surface area (Å²) in [7, 11) is -3.68. The Balaban J connectivity index is 2.29. The van der Waals surface area contributed by atoms with Crippen LogP contribution in [0.2, 0.25) is 0 Å². The normalized spacial score (nSPS) is 23.6. The van der Waals surface area contributed by atoms with Crippen molar-refractivity contribution in [2.24, 2.45) is 5.14 Å². The number of hydrogen-bond acceptors (Lipinski definition) is 4. The standard InChI is InChI=1S/C14H22N2O3S/c1-9-6-13(20(15,17)18)8-14(11(9)3)16-12-4-5-19-10(2)7-12/h6,8,10,12,16H,4-5,7H2,1-3H3,(H2,15,17,18). The second-order valence-electron chi connectivity index (χ2n) is 5.50. The van der Waals surface area contributed by atoms with Crippen molar-refractivity contribution in [2.45, 2.75) is 50.7 Å². The number of benzene rings is 1.